The van der Waals surface area contributed by atoms with Crippen LogP contribution in [0.5, 0.6) is 5.75 Å². The molecule has 1 fully saturated rings. The summed E-state index contributed by atoms with van der Waals surface area (Å²) >= 11 is 0. The number of aromatic nitrogens is 2. The van der Waals surface area contributed by atoms with Crippen LogP contribution in [0.3, 0.4) is 0 Å². The molecule has 0 unspecified atom stereocenters. The molecule has 8 nitrogen and oxygen atoms in total. The van der Waals surface area contributed by atoms with Crippen molar-refractivity contribution in [3.05, 3.63) is 41.5 Å². The smallest absolute Gasteiger partial charge is 0.238 e. The van der Waals surface area contributed by atoms with Crippen molar-refractivity contribution in [1.29, 1.82) is 0 Å². The topological polar surface area (TPSA) is 112 Å². The van der Waals surface area contributed by atoms with E-state index in [4.69, 9.17) is 15.0 Å². The largest absolute Gasteiger partial charge is 0.468 e. The van der Waals surface area contributed by atoms with Crippen molar-refractivity contribution < 1.29 is 18.8 Å². The second-order valence-electron chi connectivity index (χ2n) is 8.30. The van der Waals surface area contributed by atoms with Crippen LogP contribution in [0.2, 0.25) is 0 Å². The fraction of sp³-hybridized carbons (Fsp3) is 0.524. The average molecular weight is 398 g/mol. The third kappa shape index (κ3) is 3.36. The third-order valence-electron chi connectivity index (χ3n) is 5.83. The molecule has 1 aromatic carbocycles. The Kier molecular flexibility index (Phi) is 4.80. The van der Waals surface area contributed by atoms with E-state index in [1.807, 2.05) is 45.0 Å². The van der Waals surface area contributed by atoms with Crippen LogP contribution in [0.25, 0.3) is 0 Å². The predicted molar refractivity (Wildman–Crippen MR) is 104 cm³/mol. The molecule has 0 saturated carbocycles. The lowest BCUT2D eigenvalue weighted by molar-refractivity contribution is -0.175. The molecule has 1 saturated heterocycles. The van der Waals surface area contributed by atoms with Gasteiger partial charge in [0.2, 0.25) is 17.7 Å². The molecule has 2 aliphatic rings. The summed E-state index contributed by atoms with van der Waals surface area (Å²) in [5.41, 5.74) is 5.70. The summed E-state index contributed by atoms with van der Waals surface area (Å²) in [6, 6.07) is 7.55. The Hall–Kier alpha value is -2.90. The van der Waals surface area contributed by atoms with Crippen LogP contribution in [0, 0.1) is 5.92 Å². The maximum atomic E-state index is 13.2. The number of benzene rings is 1. The first kappa shape index (κ1) is 19.4. The standard InChI is InChI=1S/C21H26N4O4/c1-12(2)19-23-16(29-24-19)9-6-10-25-20(27)17(18(22)26)14-11-21(25,3)28-15-8-5-4-7-13(14)15/h4-5,7-8,12,14,17H,6,9-11H2,1-3H3,(H2,22,26)/t14-,17+,21+/m0/s1. The van der Waals surface area contributed by atoms with E-state index in [1.165, 1.54) is 0 Å². The molecule has 0 aliphatic carbocycles. The van der Waals surface area contributed by atoms with E-state index in [2.05, 4.69) is 10.1 Å². The first-order chi connectivity index (χ1) is 13.8. The highest BCUT2D eigenvalue weighted by atomic mass is 16.5. The van der Waals surface area contributed by atoms with Crippen LogP contribution in [-0.4, -0.2) is 39.1 Å². The number of amides is 2. The van der Waals surface area contributed by atoms with E-state index in [0.29, 0.717) is 43.3 Å². The van der Waals surface area contributed by atoms with Gasteiger partial charge in [-0.1, -0.05) is 37.2 Å². The monoisotopic (exact) mass is 398 g/mol. The lowest BCUT2D eigenvalue weighted by atomic mass is 9.73. The number of nitrogens with zero attached hydrogens (tertiary/aromatic N) is 3. The molecule has 2 N–H and O–H groups in total. The van der Waals surface area contributed by atoms with Crippen molar-refractivity contribution in [2.75, 3.05) is 6.54 Å². The molecule has 0 spiro atoms. The molecule has 154 valence electrons. The van der Waals surface area contributed by atoms with Gasteiger partial charge in [0.25, 0.3) is 0 Å². The number of nitrogens with two attached hydrogens (primary N) is 1. The number of carbonyl (C=O) groups is 2. The number of hydrogen-bond acceptors (Lipinski definition) is 6. The number of hydrogen-bond donors (Lipinski definition) is 1. The Morgan fingerprint density at radius 3 is 2.83 bits per heavy atom. The highest BCUT2D eigenvalue weighted by Crippen LogP contribution is 2.49. The van der Waals surface area contributed by atoms with Crippen molar-refractivity contribution in [3.63, 3.8) is 0 Å². The number of fused-ring (bicyclic) bond motifs is 4. The second-order valence-corrected chi connectivity index (χ2v) is 8.30. The number of likely N-dealkylation sites (tertiary alicyclic amines) is 1. The summed E-state index contributed by atoms with van der Waals surface area (Å²) in [6.45, 7) is 6.31. The third-order valence-corrected chi connectivity index (χ3v) is 5.83. The molecule has 2 bridgehead atoms. The molecule has 2 aliphatic heterocycles. The summed E-state index contributed by atoms with van der Waals surface area (Å²) in [6.07, 6.45) is 1.68. The van der Waals surface area contributed by atoms with Crippen molar-refractivity contribution >= 4 is 11.8 Å². The Bertz CT molecular complexity index is 940. The van der Waals surface area contributed by atoms with E-state index < -0.39 is 17.6 Å². The van der Waals surface area contributed by atoms with Crippen molar-refractivity contribution in [3.8, 4) is 5.75 Å². The highest BCUT2D eigenvalue weighted by molar-refractivity contribution is 6.01. The lowest BCUT2D eigenvalue weighted by Crippen LogP contribution is -2.64. The molecule has 2 amide bonds. The number of piperidine rings is 1. The molecule has 2 aromatic rings. The van der Waals surface area contributed by atoms with Gasteiger partial charge in [-0.2, -0.15) is 4.98 Å². The van der Waals surface area contributed by atoms with Gasteiger partial charge in [0.05, 0.1) is 0 Å². The number of primary amides is 1. The van der Waals surface area contributed by atoms with E-state index in [0.717, 1.165) is 5.56 Å². The Labute approximate surface area is 169 Å². The average Bonchev–Trinajstić information content (AvgIpc) is 3.13. The zero-order chi connectivity index (χ0) is 20.8. The van der Waals surface area contributed by atoms with E-state index in [1.54, 1.807) is 4.90 Å². The summed E-state index contributed by atoms with van der Waals surface area (Å²) in [7, 11) is 0. The summed E-state index contributed by atoms with van der Waals surface area (Å²) in [5.74, 6) is 0.0844. The van der Waals surface area contributed by atoms with Gasteiger partial charge in [0.15, 0.2) is 11.5 Å². The van der Waals surface area contributed by atoms with Crippen molar-refractivity contribution in [2.45, 2.75) is 57.6 Å². The first-order valence-electron chi connectivity index (χ1n) is 10.0. The van der Waals surface area contributed by atoms with Gasteiger partial charge in [0, 0.05) is 31.2 Å². The minimum Gasteiger partial charge on any atom is -0.468 e. The van der Waals surface area contributed by atoms with Gasteiger partial charge >= 0.3 is 0 Å². The molecule has 8 heteroatoms. The van der Waals surface area contributed by atoms with Crippen molar-refractivity contribution in [1.82, 2.24) is 15.0 Å². The van der Waals surface area contributed by atoms with Crippen LogP contribution in [0.4, 0.5) is 0 Å². The number of aryl methyl sites for hydroxylation is 1. The summed E-state index contributed by atoms with van der Waals surface area (Å²) in [5, 5.41) is 3.97. The minimum absolute atomic E-state index is 0.194. The zero-order valence-corrected chi connectivity index (χ0v) is 16.9. The fourth-order valence-electron chi connectivity index (χ4n) is 4.37. The Balaban J connectivity index is 1.55. The van der Waals surface area contributed by atoms with E-state index in [-0.39, 0.29) is 17.7 Å². The number of rotatable bonds is 6. The lowest BCUT2D eigenvalue weighted by Gasteiger charge is -2.52. The molecule has 1 aromatic heterocycles. The molecule has 3 heterocycles. The fourth-order valence-corrected chi connectivity index (χ4v) is 4.37. The van der Waals surface area contributed by atoms with Gasteiger partial charge in [-0.15, -0.1) is 0 Å². The summed E-state index contributed by atoms with van der Waals surface area (Å²) in [4.78, 5) is 31.4. The van der Waals surface area contributed by atoms with Crippen molar-refractivity contribution in [2.24, 2.45) is 11.7 Å². The normalized spacial score (nSPS) is 25.7. The SMILES string of the molecule is CC(C)c1noc(CCCN2C(=O)[C@@H](C(N)=O)[C@H]3C[C@@]2(C)Oc2ccccc23)n1. The molecule has 29 heavy (non-hydrogen) atoms. The van der Waals surface area contributed by atoms with Gasteiger partial charge in [-0.05, 0) is 25.0 Å². The van der Waals surface area contributed by atoms with E-state index >= 15 is 0 Å². The van der Waals surface area contributed by atoms with Gasteiger partial charge < -0.3 is 19.9 Å². The number of carbonyl (C=O) groups excluding carboxylic acids is 2. The van der Waals surface area contributed by atoms with Crippen LogP contribution >= 0.6 is 0 Å². The zero-order valence-electron chi connectivity index (χ0n) is 16.9. The highest BCUT2D eigenvalue weighted by Gasteiger charge is 2.55. The van der Waals surface area contributed by atoms with Gasteiger partial charge in [0.1, 0.15) is 11.7 Å². The maximum Gasteiger partial charge on any atom is 0.238 e. The molecule has 0 radical (unpaired) electrons. The molecule has 3 atom stereocenters. The second kappa shape index (κ2) is 7.17. The molecular formula is C21H26N4O4. The van der Waals surface area contributed by atoms with Crippen LogP contribution in [0.15, 0.2) is 28.8 Å². The Morgan fingerprint density at radius 2 is 2.14 bits per heavy atom. The van der Waals surface area contributed by atoms with E-state index in [9.17, 15) is 9.59 Å². The number of para-hydroxylation sites is 1. The molecule has 4 rings (SSSR count). The first-order valence-corrected chi connectivity index (χ1v) is 10.0. The number of ether oxygens (including phenoxy) is 1. The summed E-state index contributed by atoms with van der Waals surface area (Å²) < 4.78 is 11.5. The quantitative estimate of drug-likeness (QED) is 0.748. The van der Waals surface area contributed by atoms with Crippen LogP contribution in [0.1, 0.15) is 62.7 Å². The van der Waals surface area contributed by atoms with Gasteiger partial charge in [-0.3, -0.25) is 9.59 Å². The Morgan fingerprint density at radius 1 is 1.38 bits per heavy atom. The van der Waals surface area contributed by atoms with Crippen LogP contribution in [-0.2, 0) is 16.0 Å². The predicted octanol–water partition coefficient (Wildman–Crippen LogP) is 2.35. The maximum absolute atomic E-state index is 13.2. The van der Waals surface area contributed by atoms with Gasteiger partial charge in [-0.25, -0.2) is 0 Å². The van der Waals surface area contributed by atoms with Crippen LogP contribution < -0.4 is 10.5 Å². The molecular weight excluding hydrogens is 372 g/mol. The minimum atomic E-state index is -0.885.